The van der Waals surface area contributed by atoms with Crippen LogP contribution in [0, 0.1) is 0 Å². The molecule has 302 valence electrons. The lowest BCUT2D eigenvalue weighted by atomic mass is 9.34. The molecule has 6 aromatic carbocycles. The molecule has 4 nitrogen and oxygen atoms in total. The van der Waals surface area contributed by atoms with E-state index in [9.17, 15) is 0 Å². The van der Waals surface area contributed by atoms with Crippen molar-refractivity contribution in [2.24, 2.45) is 0 Å². The van der Waals surface area contributed by atoms with Crippen LogP contribution in [0.3, 0.4) is 0 Å². The van der Waals surface area contributed by atoms with Crippen molar-refractivity contribution < 1.29 is 0 Å². The van der Waals surface area contributed by atoms with E-state index in [1.807, 2.05) is 0 Å². The van der Waals surface area contributed by atoms with Gasteiger partial charge in [-0.3, -0.25) is 4.90 Å². The van der Waals surface area contributed by atoms with Gasteiger partial charge in [-0.1, -0.05) is 135 Å². The van der Waals surface area contributed by atoms with E-state index in [4.69, 9.17) is 0 Å². The van der Waals surface area contributed by atoms with Crippen LogP contribution in [-0.2, 0) is 16.2 Å². The molecular formula is C56H55BN4. The summed E-state index contributed by atoms with van der Waals surface area (Å²) >= 11 is 0. The summed E-state index contributed by atoms with van der Waals surface area (Å²) in [5.74, 6) is 1.19. The van der Waals surface area contributed by atoms with Gasteiger partial charge in [-0.05, 0) is 140 Å². The fraction of sp³-hybridized carbons (Fsp3) is 0.214. The van der Waals surface area contributed by atoms with Crippen LogP contribution >= 0.6 is 0 Å². The van der Waals surface area contributed by atoms with Crippen LogP contribution in [0.4, 0.5) is 51.3 Å². The average Bonchev–Trinajstić information content (AvgIpc) is 3.63. The van der Waals surface area contributed by atoms with Gasteiger partial charge in [0.1, 0.15) is 5.82 Å². The molecule has 0 amide bonds. The van der Waals surface area contributed by atoms with Gasteiger partial charge in [0.25, 0.3) is 6.71 Å². The summed E-state index contributed by atoms with van der Waals surface area (Å²) < 4.78 is 2.39. The minimum atomic E-state index is -0.107. The summed E-state index contributed by atoms with van der Waals surface area (Å²) in [6.45, 7) is 20.7. The predicted molar refractivity (Wildman–Crippen MR) is 262 cm³/mol. The minimum absolute atomic E-state index is 0.00322. The van der Waals surface area contributed by atoms with Gasteiger partial charge in [0.15, 0.2) is 0 Å². The van der Waals surface area contributed by atoms with E-state index in [0.29, 0.717) is 0 Å². The molecule has 2 aliphatic heterocycles. The fourth-order valence-electron chi connectivity index (χ4n) is 9.49. The predicted octanol–water partition coefficient (Wildman–Crippen LogP) is 13.4. The molecule has 61 heavy (non-hydrogen) atoms. The van der Waals surface area contributed by atoms with E-state index in [-0.39, 0.29) is 23.0 Å². The molecular weight excluding hydrogens is 739 g/mol. The Morgan fingerprint density at radius 2 is 0.902 bits per heavy atom. The lowest BCUT2D eigenvalue weighted by Crippen LogP contribution is -2.61. The Hall–Kier alpha value is -6.46. The van der Waals surface area contributed by atoms with Gasteiger partial charge in [0, 0.05) is 57.2 Å². The topological polar surface area (TPSA) is 14.1 Å². The van der Waals surface area contributed by atoms with E-state index in [1.165, 1.54) is 61.5 Å². The molecule has 0 saturated carbocycles. The summed E-state index contributed by atoms with van der Waals surface area (Å²) in [5.41, 5.74) is 18.4. The molecule has 0 N–H and O–H groups in total. The lowest BCUT2D eigenvalue weighted by Gasteiger charge is -2.44. The Labute approximate surface area is 362 Å². The Morgan fingerprint density at radius 3 is 1.44 bits per heavy atom. The molecule has 0 radical (unpaired) electrons. The Morgan fingerprint density at radius 1 is 0.410 bits per heavy atom. The second-order valence-electron chi connectivity index (χ2n) is 20.0. The number of rotatable bonds is 5. The number of benzene rings is 6. The van der Waals surface area contributed by atoms with Crippen LogP contribution in [0.2, 0.25) is 0 Å². The second-order valence-corrected chi connectivity index (χ2v) is 20.0. The van der Waals surface area contributed by atoms with Crippen molar-refractivity contribution in [1.29, 1.82) is 0 Å². The highest BCUT2D eigenvalue weighted by atomic mass is 15.2. The zero-order valence-electron chi connectivity index (χ0n) is 37.0. The smallest absolute Gasteiger partial charge is 0.254 e. The van der Waals surface area contributed by atoms with Crippen LogP contribution < -0.4 is 31.1 Å². The Balaban J connectivity index is 1.27. The van der Waals surface area contributed by atoms with E-state index < -0.39 is 0 Å². The van der Waals surface area contributed by atoms with Crippen LogP contribution in [0.25, 0.3) is 5.52 Å². The third-order valence-corrected chi connectivity index (χ3v) is 12.8. The molecule has 0 bridgehead atoms. The van der Waals surface area contributed by atoms with Gasteiger partial charge < -0.3 is 14.2 Å². The van der Waals surface area contributed by atoms with E-state index in [0.717, 1.165) is 28.4 Å². The van der Waals surface area contributed by atoms with Crippen molar-refractivity contribution >= 4 is 79.9 Å². The summed E-state index contributed by atoms with van der Waals surface area (Å²) in [5, 5.41) is 0. The largest absolute Gasteiger partial charge is 0.311 e. The highest BCUT2D eigenvalue weighted by molar-refractivity contribution is 7.00. The van der Waals surface area contributed by atoms with Crippen molar-refractivity contribution in [3.8, 4) is 0 Å². The normalized spacial score (nSPS) is 13.6. The van der Waals surface area contributed by atoms with E-state index >= 15 is 0 Å². The van der Waals surface area contributed by atoms with Gasteiger partial charge in [-0.25, -0.2) is 0 Å². The van der Waals surface area contributed by atoms with Crippen molar-refractivity contribution in [2.75, 3.05) is 14.7 Å². The quantitative estimate of drug-likeness (QED) is 0.161. The molecule has 2 aliphatic rings. The van der Waals surface area contributed by atoms with Crippen molar-refractivity contribution in [3.63, 3.8) is 0 Å². The number of nitrogens with zero attached hydrogens (tertiary/aromatic N) is 4. The molecule has 0 saturated heterocycles. The first-order valence-electron chi connectivity index (χ1n) is 21.8. The first kappa shape index (κ1) is 38.7. The molecule has 10 rings (SSSR count). The standard InChI is InChI=1S/C56H55BN4/c1-54(2,3)38-23-27-43(28-24-38)59(44-29-25-39(26-30-44)55(4,5)6)46-31-32-47-49(37-46)60(41-18-12-10-13-19-41)50-34-40(56(7,8)9)35-51-52(50)57(47)48-36-45-22-16-17-33-58(45)53(48)61(51)42-20-14-11-15-21-42/h10-37H,1-9H3. The molecule has 4 heterocycles. The second kappa shape index (κ2) is 14.1. The van der Waals surface area contributed by atoms with Gasteiger partial charge >= 0.3 is 0 Å². The van der Waals surface area contributed by atoms with E-state index in [2.05, 4.69) is 251 Å². The molecule has 0 fully saturated rings. The number of aromatic nitrogens is 1. The first-order valence-corrected chi connectivity index (χ1v) is 21.8. The van der Waals surface area contributed by atoms with Crippen molar-refractivity contribution in [3.05, 3.63) is 187 Å². The van der Waals surface area contributed by atoms with Crippen molar-refractivity contribution in [2.45, 2.75) is 78.6 Å². The summed E-state index contributed by atoms with van der Waals surface area (Å²) in [6, 6.07) is 61.4. The lowest BCUT2D eigenvalue weighted by molar-refractivity contribution is 0.590. The van der Waals surface area contributed by atoms with Crippen LogP contribution in [-0.4, -0.2) is 11.1 Å². The number of pyridine rings is 1. The zero-order chi connectivity index (χ0) is 42.4. The SMILES string of the molecule is CC(C)(C)c1ccc(N(c2ccc(C(C)(C)C)cc2)c2ccc3c(c2)N(c2ccccc2)c2cc(C(C)(C)C)cc4c2B3c2cc3ccccn3c2N4c2ccccc2)cc1. The highest BCUT2D eigenvalue weighted by Crippen LogP contribution is 2.48. The first-order chi connectivity index (χ1) is 29.2. The highest BCUT2D eigenvalue weighted by Gasteiger charge is 2.45. The Kier molecular flexibility index (Phi) is 8.93. The Bertz CT molecular complexity index is 2850. The molecule has 0 atom stereocenters. The molecule has 8 aromatic rings. The van der Waals surface area contributed by atoms with Gasteiger partial charge in [0.2, 0.25) is 0 Å². The zero-order valence-corrected chi connectivity index (χ0v) is 37.0. The monoisotopic (exact) mass is 794 g/mol. The van der Waals surface area contributed by atoms with E-state index in [1.54, 1.807) is 0 Å². The van der Waals surface area contributed by atoms with Crippen LogP contribution in [0.1, 0.15) is 79.0 Å². The maximum absolute atomic E-state index is 2.54. The van der Waals surface area contributed by atoms with Crippen molar-refractivity contribution in [1.82, 2.24) is 4.40 Å². The van der Waals surface area contributed by atoms with Gasteiger partial charge in [-0.15, -0.1) is 0 Å². The van der Waals surface area contributed by atoms with Gasteiger partial charge in [-0.2, -0.15) is 0 Å². The number of fused-ring (bicyclic) bond motifs is 6. The molecule has 0 spiro atoms. The number of anilines is 9. The van der Waals surface area contributed by atoms with Crippen LogP contribution in [0.5, 0.6) is 0 Å². The summed E-state index contributed by atoms with van der Waals surface area (Å²) in [4.78, 5) is 7.49. The van der Waals surface area contributed by atoms with Crippen LogP contribution in [0.15, 0.2) is 170 Å². The third-order valence-electron chi connectivity index (χ3n) is 12.8. The average molecular weight is 795 g/mol. The third kappa shape index (κ3) is 6.53. The number of hydrogen-bond acceptors (Lipinski definition) is 3. The molecule has 0 unspecified atom stereocenters. The maximum Gasteiger partial charge on any atom is 0.254 e. The number of hydrogen-bond donors (Lipinski definition) is 0. The minimum Gasteiger partial charge on any atom is -0.311 e. The van der Waals surface area contributed by atoms with Gasteiger partial charge in [0.05, 0.1) is 0 Å². The molecule has 2 aromatic heterocycles. The fourth-order valence-corrected chi connectivity index (χ4v) is 9.49. The summed E-state index contributed by atoms with van der Waals surface area (Å²) in [7, 11) is 0. The molecule has 0 aliphatic carbocycles. The molecule has 5 heteroatoms. The summed E-state index contributed by atoms with van der Waals surface area (Å²) in [6.07, 6.45) is 2.22. The maximum atomic E-state index is 2.54. The number of para-hydroxylation sites is 2.